The van der Waals surface area contributed by atoms with Crippen molar-refractivity contribution in [3.05, 3.63) is 29.3 Å². The molecule has 1 aromatic rings. The highest BCUT2D eigenvalue weighted by Gasteiger charge is 2.12. The summed E-state index contributed by atoms with van der Waals surface area (Å²) in [5.74, 6) is -0.221. The van der Waals surface area contributed by atoms with Crippen molar-refractivity contribution in [3.8, 4) is 5.75 Å². The van der Waals surface area contributed by atoms with Crippen molar-refractivity contribution < 1.29 is 23.8 Å². The van der Waals surface area contributed by atoms with Crippen LogP contribution in [0.15, 0.2) is 18.2 Å². The van der Waals surface area contributed by atoms with E-state index in [0.717, 1.165) is 11.1 Å². The van der Waals surface area contributed by atoms with Crippen LogP contribution in [0.4, 0.5) is 0 Å². The molecule has 116 valence electrons. The standard InChI is InChI=1S/C16H22O5/c1-5-19-15(17)10-21-16(18)9-20-14-7-6-12(4)8-13(14)11(2)3/h6-8,11H,5,9-10H2,1-4H3. The number of rotatable bonds is 7. The van der Waals surface area contributed by atoms with Gasteiger partial charge < -0.3 is 14.2 Å². The molecule has 0 aliphatic rings. The Morgan fingerprint density at radius 1 is 1.10 bits per heavy atom. The summed E-state index contributed by atoms with van der Waals surface area (Å²) in [6, 6.07) is 5.79. The van der Waals surface area contributed by atoms with E-state index in [-0.39, 0.29) is 25.7 Å². The van der Waals surface area contributed by atoms with Gasteiger partial charge in [0.2, 0.25) is 0 Å². The van der Waals surface area contributed by atoms with Crippen LogP contribution < -0.4 is 4.74 Å². The molecule has 0 aromatic heterocycles. The predicted octanol–water partition coefficient (Wildman–Crippen LogP) is 2.60. The van der Waals surface area contributed by atoms with E-state index in [2.05, 4.69) is 18.6 Å². The van der Waals surface area contributed by atoms with Gasteiger partial charge in [0, 0.05) is 0 Å². The Morgan fingerprint density at radius 3 is 2.38 bits per heavy atom. The van der Waals surface area contributed by atoms with Crippen LogP contribution in [0.5, 0.6) is 5.75 Å². The molecule has 0 saturated heterocycles. The van der Waals surface area contributed by atoms with Crippen LogP contribution in [0.3, 0.4) is 0 Å². The van der Waals surface area contributed by atoms with Crippen LogP contribution in [-0.4, -0.2) is 31.8 Å². The first kappa shape index (κ1) is 17.0. The molecule has 1 aromatic carbocycles. The Hall–Kier alpha value is -2.04. The van der Waals surface area contributed by atoms with Gasteiger partial charge in [0.25, 0.3) is 0 Å². The highest BCUT2D eigenvalue weighted by Crippen LogP contribution is 2.27. The van der Waals surface area contributed by atoms with Gasteiger partial charge in [0.1, 0.15) is 5.75 Å². The maximum absolute atomic E-state index is 11.5. The van der Waals surface area contributed by atoms with Gasteiger partial charge in [-0.05, 0) is 31.4 Å². The molecule has 1 rings (SSSR count). The fraction of sp³-hybridized carbons (Fsp3) is 0.500. The van der Waals surface area contributed by atoms with Gasteiger partial charge >= 0.3 is 11.9 Å². The lowest BCUT2D eigenvalue weighted by molar-refractivity contribution is -0.159. The smallest absolute Gasteiger partial charge is 0.344 e. The maximum atomic E-state index is 11.5. The fourth-order valence-electron chi connectivity index (χ4n) is 1.77. The summed E-state index contributed by atoms with van der Waals surface area (Å²) in [5, 5.41) is 0. The van der Waals surface area contributed by atoms with Crippen molar-refractivity contribution in [1.29, 1.82) is 0 Å². The van der Waals surface area contributed by atoms with Crippen molar-refractivity contribution in [2.75, 3.05) is 19.8 Å². The number of benzene rings is 1. The molecule has 0 saturated carbocycles. The van der Waals surface area contributed by atoms with E-state index in [1.807, 2.05) is 25.1 Å². The highest BCUT2D eigenvalue weighted by atomic mass is 16.6. The second-order valence-corrected chi connectivity index (χ2v) is 4.95. The molecule has 0 amide bonds. The normalized spacial score (nSPS) is 10.3. The van der Waals surface area contributed by atoms with Crippen LogP contribution in [0.25, 0.3) is 0 Å². The van der Waals surface area contributed by atoms with E-state index in [9.17, 15) is 9.59 Å². The second kappa shape index (κ2) is 8.29. The van der Waals surface area contributed by atoms with Gasteiger partial charge in [-0.2, -0.15) is 0 Å². The number of ether oxygens (including phenoxy) is 3. The third-order valence-corrected chi connectivity index (χ3v) is 2.79. The number of carbonyl (C=O) groups is 2. The number of carbonyl (C=O) groups excluding carboxylic acids is 2. The Kier molecular flexibility index (Phi) is 6.72. The zero-order chi connectivity index (χ0) is 15.8. The molecule has 0 spiro atoms. The summed E-state index contributed by atoms with van der Waals surface area (Å²) in [6.45, 7) is 7.44. The largest absolute Gasteiger partial charge is 0.482 e. The Bertz CT molecular complexity index is 493. The average molecular weight is 294 g/mol. The number of esters is 2. The van der Waals surface area contributed by atoms with Gasteiger partial charge in [-0.15, -0.1) is 0 Å². The summed E-state index contributed by atoms with van der Waals surface area (Å²) >= 11 is 0. The molecule has 0 atom stereocenters. The topological polar surface area (TPSA) is 61.8 Å². The van der Waals surface area contributed by atoms with Crippen molar-refractivity contribution in [2.24, 2.45) is 0 Å². The molecule has 0 aliphatic carbocycles. The maximum Gasteiger partial charge on any atom is 0.344 e. The quantitative estimate of drug-likeness (QED) is 0.723. The van der Waals surface area contributed by atoms with Gasteiger partial charge in [-0.25, -0.2) is 9.59 Å². The molecular weight excluding hydrogens is 272 g/mol. The molecule has 5 nitrogen and oxygen atoms in total. The molecule has 0 bridgehead atoms. The Morgan fingerprint density at radius 2 is 1.76 bits per heavy atom. The van der Waals surface area contributed by atoms with Crippen LogP contribution in [0.2, 0.25) is 0 Å². The molecule has 0 N–H and O–H groups in total. The summed E-state index contributed by atoms with van der Waals surface area (Å²) in [4.78, 5) is 22.6. The molecule has 0 radical (unpaired) electrons. The molecule has 21 heavy (non-hydrogen) atoms. The lowest BCUT2D eigenvalue weighted by Crippen LogP contribution is -2.21. The van der Waals surface area contributed by atoms with Crippen LogP contribution >= 0.6 is 0 Å². The number of hydrogen-bond acceptors (Lipinski definition) is 5. The van der Waals surface area contributed by atoms with E-state index in [0.29, 0.717) is 5.75 Å². The van der Waals surface area contributed by atoms with E-state index in [1.165, 1.54) is 0 Å². The first-order valence-corrected chi connectivity index (χ1v) is 6.98. The van der Waals surface area contributed by atoms with Crippen molar-refractivity contribution in [3.63, 3.8) is 0 Å². The second-order valence-electron chi connectivity index (χ2n) is 4.95. The highest BCUT2D eigenvalue weighted by molar-refractivity contribution is 5.77. The summed E-state index contributed by atoms with van der Waals surface area (Å²) in [5.41, 5.74) is 2.17. The molecular formula is C16H22O5. The van der Waals surface area contributed by atoms with Crippen molar-refractivity contribution in [2.45, 2.75) is 33.6 Å². The minimum atomic E-state index is -0.599. The van der Waals surface area contributed by atoms with Crippen LogP contribution in [0.1, 0.15) is 37.8 Å². The Labute approximate surface area is 125 Å². The fourth-order valence-corrected chi connectivity index (χ4v) is 1.77. The molecule has 0 heterocycles. The average Bonchev–Trinajstić information content (AvgIpc) is 2.44. The van der Waals surface area contributed by atoms with Crippen molar-refractivity contribution >= 4 is 11.9 Å². The van der Waals surface area contributed by atoms with Crippen molar-refractivity contribution in [1.82, 2.24) is 0 Å². The molecule has 0 aliphatic heterocycles. The lowest BCUT2D eigenvalue weighted by atomic mass is 10.00. The summed E-state index contributed by atoms with van der Waals surface area (Å²) in [6.07, 6.45) is 0. The third kappa shape index (κ3) is 5.85. The van der Waals surface area contributed by atoms with Gasteiger partial charge in [0.05, 0.1) is 6.61 Å². The minimum absolute atomic E-state index is 0.234. The number of aryl methyl sites for hydroxylation is 1. The van der Waals surface area contributed by atoms with Gasteiger partial charge in [-0.3, -0.25) is 0 Å². The van der Waals surface area contributed by atoms with E-state index < -0.39 is 11.9 Å². The van der Waals surface area contributed by atoms with E-state index >= 15 is 0 Å². The zero-order valence-electron chi connectivity index (χ0n) is 13.0. The summed E-state index contributed by atoms with van der Waals surface area (Å²) < 4.78 is 14.9. The monoisotopic (exact) mass is 294 g/mol. The predicted molar refractivity (Wildman–Crippen MR) is 78.4 cm³/mol. The van der Waals surface area contributed by atoms with Gasteiger partial charge in [0.15, 0.2) is 13.2 Å². The molecule has 5 heteroatoms. The Balaban J connectivity index is 2.51. The minimum Gasteiger partial charge on any atom is -0.482 e. The molecule has 0 unspecified atom stereocenters. The zero-order valence-corrected chi connectivity index (χ0v) is 13.0. The van der Waals surface area contributed by atoms with Gasteiger partial charge in [-0.1, -0.05) is 31.5 Å². The van der Waals surface area contributed by atoms with E-state index in [1.54, 1.807) is 6.92 Å². The molecule has 0 fully saturated rings. The first-order valence-electron chi connectivity index (χ1n) is 6.98. The lowest BCUT2D eigenvalue weighted by Gasteiger charge is -2.14. The first-order chi connectivity index (χ1) is 9.93. The third-order valence-electron chi connectivity index (χ3n) is 2.79. The number of hydrogen-bond donors (Lipinski definition) is 0. The van der Waals surface area contributed by atoms with E-state index in [4.69, 9.17) is 9.47 Å². The van der Waals surface area contributed by atoms with Crippen LogP contribution in [0, 0.1) is 6.92 Å². The van der Waals surface area contributed by atoms with Crippen LogP contribution in [-0.2, 0) is 19.1 Å². The SMILES string of the molecule is CCOC(=O)COC(=O)COc1ccc(C)cc1C(C)C. The summed E-state index contributed by atoms with van der Waals surface area (Å²) in [7, 11) is 0.